The van der Waals surface area contributed by atoms with Crippen molar-refractivity contribution in [3.63, 3.8) is 0 Å². The first-order chi connectivity index (χ1) is 13.5. The zero-order valence-corrected chi connectivity index (χ0v) is 15.6. The van der Waals surface area contributed by atoms with Gasteiger partial charge in [-0.3, -0.25) is 14.5 Å². The summed E-state index contributed by atoms with van der Waals surface area (Å²) in [5.74, 6) is -0.688. The van der Waals surface area contributed by atoms with Crippen molar-refractivity contribution in [1.82, 2.24) is 20.1 Å². The second-order valence-corrected chi connectivity index (χ2v) is 6.76. The first-order valence-corrected chi connectivity index (χ1v) is 8.99. The van der Waals surface area contributed by atoms with Crippen molar-refractivity contribution < 1.29 is 9.21 Å². The van der Waals surface area contributed by atoms with Crippen LogP contribution in [0, 0.1) is 0 Å². The van der Waals surface area contributed by atoms with E-state index < -0.39 is 5.76 Å². The number of hydrogen-bond donors (Lipinski definition) is 2. The Morgan fingerprint density at radius 2 is 2.04 bits per heavy atom. The number of fused-ring (bicyclic) bond motifs is 1. The fraction of sp³-hybridized carbons (Fsp3) is 0.190. The van der Waals surface area contributed by atoms with Crippen LogP contribution >= 0.6 is 0 Å². The Morgan fingerprint density at radius 1 is 1.25 bits per heavy atom. The number of nitrogens with one attached hydrogen (secondary N) is 2. The van der Waals surface area contributed by atoms with Crippen LogP contribution < -0.4 is 11.1 Å². The van der Waals surface area contributed by atoms with Crippen LogP contribution in [-0.4, -0.2) is 20.7 Å². The lowest BCUT2D eigenvalue weighted by Crippen LogP contribution is -2.27. The Kier molecular flexibility index (Phi) is 4.57. The van der Waals surface area contributed by atoms with Crippen LogP contribution in [0.1, 0.15) is 40.1 Å². The molecule has 4 aromatic rings. The number of aryl methyl sites for hydroxylation is 1. The quantitative estimate of drug-likeness (QED) is 0.560. The van der Waals surface area contributed by atoms with Gasteiger partial charge in [0.1, 0.15) is 0 Å². The largest absolute Gasteiger partial charge is 0.417 e. The lowest BCUT2D eigenvalue weighted by atomic mass is 10.0. The third-order valence-electron chi connectivity index (χ3n) is 4.81. The number of nitrogens with zero attached hydrogens (tertiary/aromatic N) is 2. The zero-order valence-electron chi connectivity index (χ0n) is 15.6. The molecule has 1 atom stereocenters. The van der Waals surface area contributed by atoms with Gasteiger partial charge >= 0.3 is 5.76 Å². The topological polar surface area (TPSA) is 92.9 Å². The average Bonchev–Trinajstić information content (AvgIpc) is 3.23. The molecule has 0 aliphatic rings. The number of amides is 1. The van der Waals surface area contributed by atoms with Crippen LogP contribution in [0.3, 0.4) is 0 Å². The van der Waals surface area contributed by atoms with Gasteiger partial charge in [0.15, 0.2) is 5.58 Å². The molecule has 7 nitrogen and oxygen atoms in total. The van der Waals surface area contributed by atoms with E-state index in [4.69, 9.17) is 4.42 Å². The molecule has 4 rings (SSSR count). The molecule has 2 N–H and O–H groups in total. The second-order valence-electron chi connectivity index (χ2n) is 6.76. The van der Waals surface area contributed by atoms with Gasteiger partial charge in [-0.05, 0) is 30.2 Å². The SMILES string of the molecule is CC(NC(=O)c1cnn(C)c1Cc1ccccc1)c1ccc2[nH]c(=O)oc2c1. The molecular formula is C21H20N4O3. The fourth-order valence-corrected chi connectivity index (χ4v) is 3.24. The van der Waals surface area contributed by atoms with E-state index in [0.29, 0.717) is 23.1 Å². The maximum Gasteiger partial charge on any atom is 0.417 e. The van der Waals surface area contributed by atoms with Gasteiger partial charge in [-0.15, -0.1) is 0 Å². The monoisotopic (exact) mass is 376 g/mol. The van der Waals surface area contributed by atoms with E-state index in [1.807, 2.05) is 50.4 Å². The summed E-state index contributed by atoms with van der Waals surface area (Å²) in [5.41, 5.74) is 4.45. The number of carbonyl (C=O) groups excluding carboxylic acids is 1. The van der Waals surface area contributed by atoms with Crippen LogP contribution in [0.5, 0.6) is 0 Å². The molecule has 0 spiro atoms. The summed E-state index contributed by atoms with van der Waals surface area (Å²) in [7, 11) is 1.83. The van der Waals surface area contributed by atoms with Crippen molar-refractivity contribution in [2.24, 2.45) is 7.05 Å². The minimum Gasteiger partial charge on any atom is -0.408 e. The van der Waals surface area contributed by atoms with Crippen LogP contribution in [0.25, 0.3) is 11.1 Å². The Balaban J connectivity index is 1.55. The number of H-pyrrole nitrogens is 1. The van der Waals surface area contributed by atoms with Gasteiger partial charge in [0.2, 0.25) is 0 Å². The molecule has 0 fully saturated rings. The Hall–Kier alpha value is -3.61. The summed E-state index contributed by atoms with van der Waals surface area (Å²) in [6.07, 6.45) is 2.21. The molecule has 0 saturated heterocycles. The van der Waals surface area contributed by atoms with E-state index in [-0.39, 0.29) is 11.9 Å². The average molecular weight is 376 g/mol. The summed E-state index contributed by atoms with van der Waals surface area (Å²) in [6.45, 7) is 1.89. The number of aromatic nitrogens is 3. The summed E-state index contributed by atoms with van der Waals surface area (Å²) in [6, 6.07) is 15.1. The first-order valence-electron chi connectivity index (χ1n) is 8.99. The molecule has 2 aromatic heterocycles. The lowest BCUT2D eigenvalue weighted by molar-refractivity contribution is 0.0939. The molecule has 0 aliphatic carbocycles. The normalized spacial score (nSPS) is 12.2. The predicted octanol–water partition coefficient (Wildman–Crippen LogP) is 2.94. The van der Waals surface area contributed by atoms with Crippen molar-refractivity contribution in [2.75, 3.05) is 0 Å². The number of benzene rings is 2. The van der Waals surface area contributed by atoms with Gasteiger partial charge in [0.05, 0.1) is 29.0 Å². The molecule has 2 heterocycles. The molecule has 0 radical (unpaired) electrons. The van der Waals surface area contributed by atoms with E-state index in [2.05, 4.69) is 15.4 Å². The summed E-state index contributed by atoms with van der Waals surface area (Å²) >= 11 is 0. The first kappa shape index (κ1) is 17.8. The number of oxazole rings is 1. The molecule has 1 amide bonds. The smallest absolute Gasteiger partial charge is 0.408 e. The number of hydrogen-bond acceptors (Lipinski definition) is 4. The lowest BCUT2D eigenvalue weighted by Gasteiger charge is -2.15. The molecule has 142 valence electrons. The van der Waals surface area contributed by atoms with Gasteiger partial charge in [-0.2, -0.15) is 5.10 Å². The maximum absolute atomic E-state index is 12.9. The van der Waals surface area contributed by atoms with Crippen LogP contribution in [-0.2, 0) is 13.5 Å². The summed E-state index contributed by atoms with van der Waals surface area (Å²) < 4.78 is 6.83. The van der Waals surface area contributed by atoms with Crippen LogP contribution in [0.4, 0.5) is 0 Å². The van der Waals surface area contributed by atoms with Gasteiger partial charge in [-0.25, -0.2) is 4.79 Å². The molecule has 7 heteroatoms. The third-order valence-corrected chi connectivity index (χ3v) is 4.81. The molecule has 0 bridgehead atoms. The van der Waals surface area contributed by atoms with Gasteiger partial charge in [0.25, 0.3) is 5.91 Å². The van der Waals surface area contributed by atoms with Crippen molar-refractivity contribution in [2.45, 2.75) is 19.4 Å². The van der Waals surface area contributed by atoms with Gasteiger partial charge in [-0.1, -0.05) is 36.4 Å². The minimum atomic E-state index is -0.496. The summed E-state index contributed by atoms with van der Waals surface area (Å²) in [5, 5.41) is 7.26. The van der Waals surface area contributed by atoms with Gasteiger partial charge in [0, 0.05) is 13.5 Å². The standard InChI is InChI=1S/C21H20N4O3/c1-13(15-8-9-17-19(11-15)28-21(27)24-17)23-20(26)16-12-22-25(2)18(16)10-14-6-4-3-5-7-14/h3-9,11-13H,10H2,1-2H3,(H,23,26)(H,24,27). The molecule has 1 unspecified atom stereocenters. The van der Waals surface area contributed by atoms with E-state index >= 15 is 0 Å². The highest BCUT2D eigenvalue weighted by Gasteiger charge is 2.19. The molecular weight excluding hydrogens is 356 g/mol. The van der Waals surface area contributed by atoms with Crippen LogP contribution in [0.15, 0.2) is 63.9 Å². The third kappa shape index (κ3) is 3.46. The highest BCUT2D eigenvalue weighted by atomic mass is 16.4. The van der Waals surface area contributed by atoms with Crippen molar-refractivity contribution >= 4 is 17.0 Å². The van der Waals surface area contributed by atoms with Crippen molar-refractivity contribution in [1.29, 1.82) is 0 Å². The number of carbonyl (C=O) groups is 1. The maximum atomic E-state index is 12.9. The Labute approximate surface area is 161 Å². The van der Waals surface area contributed by atoms with E-state index in [0.717, 1.165) is 16.8 Å². The molecule has 28 heavy (non-hydrogen) atoms. The highest BCUT2D eigenvalue weighted by molar-refractivity contribution is 5.95. The Morgan fingerprint density at radius 3 is 2.82 bits per heavy atom. The molecule has 0 aliphatic heterocycles. The van der Waals surface area contributed by atoms with Crippen molar-refractivity contribution in [3.05, 3.63) is 87.7 Å². The van der Waals surface area contributed by atoms with Crippen molar-refractivity contribution in [3.8, 4) is 0 Å². The second kappa shape index (κ2) is 7.19. The highest BCUT2D eigenvalue weighted by Crippen LogP contribution is 2.20. The fourth-order valence-electron chi connectivity index (χ4n) is 3.24. The van der Waals surface area contributed by atoms with E-state index in [9.17, 15) is 9.59 Å². The minimum absolute atomic E-state index is 0.192. The zero-order chi connectivity index (χ0) is 19.7. The molecule has 2 aromatic carbocycles. The number of aromatic amines is 1. The Bertz CT molecular complexity index is 1190. The van der Waals surface area contributed by atoms with E-state index in [1.54, 1.807) is 23.0 Å². The predicted molar refractivity (Wildman–Crippen MR) is 105 cm³/mol. The van der Waals surface area contributed by atoms with Crippen LogP contribution in [0.2, 0.25) is 0 Å². The number of rotatable bonds is 5. The van der Waals surface area contributed by atoms with Gasteiger partial charge < -0.3 is 9.73 Å². The van der Waals surface area contributed by atoms with E-state index in [1.165, 1.54) is 0 Å². The summed E-state index contributed by atoms with van der Waals surface area (Å²) in [4.78, 5) is 26.8. The molecule has 0 saturated carbocycles.